The number of carbonyl (C=O) groups is 1. The Bertz CT molecular complexity index is 508. The average molecular weight is 286 g/mol. The molecule has 0 aliphatic heterocycles. The molecule has 116 valence electrons. The molecule has 3 rings (SSSR count). The summed E-state index contributed by atoms with van der Waals surface area (Å²) in [4.78, 5) is 11.8. The molecule has 1 nitrogen and oxygen atoms in total. The van der Waals surface area contributed by atoms with E-state index in [2.05, 4.69) is 33.8 Å². The van der Waals surface area contributed by atoms with Crippen molar-refractivity contribution in [3.05, 3.63) is 22.8 Å². The molecule has 2 saturated carbocycles. The second-order valence-electron chi connectivity index (χ2n) is 8.41. The highest BCUT2D eigenvalue weighted by molar-refractivity contribution is 5.60. The SMILES string of the molecule is CC(C)=C1C=C2CCC3[C@](C)(CCC[C@@]3(C)C=O)[C@H]2CC1. The number of hydrogen-bond donors (Lipinski definition) is 0. The third-order valence-electron chi connectivity index (χ3n) is 6.96. The summed E-state index contributed by atoms with van der Waals surface area (Å²) in [6.45, 7) is 9.19. The molecule has 0 amide bonds. The highest BCUT2D eigenvalue weighted by atomic mass is 16.1. The maximum absolute atomic E-state index is 11.8. The molecular weight excluding hydrogens is 256 g/mol. The van der Waals surface area contributed by atoms with Crippen molar-refractivity contribution < 1.29 is 4.79 Å². The van der Waals surface area contributed by atoms with E-state index in [9.17, 15) is 4.79 Å². The zero-order chi connectivity index (χ0) is 15.3. The monoisotopic (exact) mass is 286 g/mol. The molecule has 0 aromatic carbocycles. The fraction of sp³-hybridized carbons (Fsp3) is 0.750. The number of carbonyl (C=O) groups excluding carboxylic acids is 1. The van der Waals surface area contributed by atoms with E-state index in [-0.39, 0.29) is 5.41 Å². The van der Waals surface area contributed by atoms with Gasteiger partial charge < -0.3 is 4.79 Å². The lowest BCUT2D eigenvalue weighted by Crippen LogP contribution is -2.51. The van der Waals surface area contributed by atoms with E-state index in [1.807, 2.05) is 0 Å². The predicted molar refractivity (Wildman–Crippen MR) is 88.0 cm³/mol. The highest BCUT2D eigenvalue weighted by Crippen LogP contribution is 2.62. The molecule has 0 radical (unpaired) electrons. The first-order valence-corrected chi connectivity index (χ1v) is 8.74. The summed E-state index contributed by atoms with van der Waals surface area (Å²) in [5.74, 6) is 1.31. The third kappa shape index (κ3) is 2.24. The molecule has 0 saturated heterocycles. The van der Waals surface area contributed by atoms with Crippen molar-refractivity contribution in [2.45, 2.75) is 72.6 Å². The van der Waals surface area contributed by atoms with Gasteiger partial charge in [-0.25, -0.2) is 0 Å². The topological polar surface area (TPSA) is 17.1 Å². The second-order valence-corrected chi connectivity index (χ2v) is 8.41. The van der Waals surface area contributed by atoms with Gasteiger partial charge in [-0.3, -0.25) is 0 Å². The Balaban J connectivity index is 1.98. The fourth-order valence-electron chi connectivity index (χ4n) is 5.76. The van der Waals surface area contributed by atoms with Crippen LogP contribution >= 0.6 is 0 Å². The van der Waals surface area contributed by atoms with Crippen molar-refractivity contribution in [2.75, 3.05) is 0 Å². The van der Waals surface area contributed by atoms with Crippen molar-refractivity contribution in [3.63, 3.8) is 0 Å². The van der Waals surface area contributed by atoms with Crippen molar-refractivity contribution >= 4 is 6.29 Å². The molecule has 0 aromatic heterocycles. The minimum atomic E-state index is -0.0741. The summed E-state index contributed by atoms with van der Waals surface area (Å²) in [5, 5.41) is 0. The fourth-order valence-corrected chi connectivity index (χ4v) is 5.76. The van der Waals surface area contributed by atoms with Gasteiger partial charge in [0.25, 0.3) is 0 Å². The maximum Gasteiger partial charge on any atom is 0.126 e. The summed E-state index contributed by atoms with van der Waals surface area (Å²) in [6.07, 6.45) is 12.4. The quantitative estimate of drug-likeness (QED) is 0.585. The normalized spacial score (nSPS) is 42.7. The lowest BCUT2D eigenvalue weighted by atomic mass is 9.46. The number of rotatable bonds is 1. The predicted octanol–water partition coefficient (Wildman–Crippen LogP) is 5.46. The van der Waals surface area contributed by atoms with Gasteiger partial charge in [0.2, 0.25) is 0 Å². The molecule has 0 spiro atoms. The largest absolute Gasteiger partial charge is 0.303 e. The zero-order valence-electron chi connectivity index (χ0n) is 14.2. The molecule has 0 N–H and O–H groups in total. The summed E-state index contributed by atoms with van der Waals surface area (Å²) >= 11 is 0. The van der Waals surface area contributed by atoms with Crippen LogP contribution < -0.4 is 0 Å². The Labute approximate surface area is 129 Å². The number of aldehydes is 1. The van der Waals surface area contributed by atoms with Crippen LogP contribution in [0.5, 0.6) is 0 Å². The Kier molecular flexibility index (Phi) is 3.66. The Morgan fingerprint density at radius 1 is 1.19 bits per heavy atom. The average Bonchev–Trinajstić information content (AvgIpc) is 2.46. The van der Waals surface area contributed by atoms with E-state index in [0.717, 1.165) is 12.3 Å². The van der Waals surface area contributed by atoms with Gasteiger partial charge in [0.1, 0.15) is 6.29 Å². The van der Waals surface area contributed by atoms with E-state index < -0.39 is 0 Å². The van der Waals surface area contributed by atoms with Gasteiger partial charge in [0, 0.05) is 5.41 Å². The highest BCUT2D eigenvalue weighted by Gasteiger charge is 2.55. The van der Waals surface area contributed by atoms with Crippen LogP contribution in [0.25, 0.3) is 0 Å². The minimum absolute atomic E-state index is 0.0741. The molecule has 3 aliphatic carbocycles. The molecule has 21 heavy (non-hydrogen) atoms. The van der Waals surface area contributed by atoms with Gasteiger partial charge in [-0.05, 0) is 75.2 Å². The number of allylic oxidation sites excluding steroid dienone is 4. The van der Waals surface area contributed by atoms with Crippen LogP contribution in [0, 0.1) is 22.7 Å². The van der Waals surface area contributed by atoms with Crippen LogP contribution in [0.3, 0.4) is 0 Å². The van der Waals surface area contributed by atoms with E-state index in [1.54, 1.807) is 11.1 Å². The Hall–Kier alpha value is -0.850. The Morgan fingerprint density at radius 3 is 2.62 bits per heavy atom. The van der Waals surface area contributed by atoms with Gasteiger partial charge in [0.15, 0.2) is 0 Å². The van der Waals surface area contributed by atoms with Crippen LogP contribution in [0.2, 0.25) is 0 Å². The smallest absolute Gasteiger partial charge is 0.126 e. The van der Waals surface area contributed by atoms with Gasteiger partial charge in [-0.2, -0.15) is 0 Å². The minimum Gasteiger partial charge on any atom is -0.303 e. The summed E-state index contributed by atoms with van der Waals surface area (Å²) < 4.78 is 0. The molecule has 3 aliphatic rings. The molecular formula is C20H30O. The molecule has 1 unspecified atom stereocenters. The molecule has 0 bridgehead atoms. The first kappa shape index (κ1) is 15.1. The first-order valence-electron chi connectivity index (χ1n) is 8.74. The van der Waals surface area contributed by atoms with Crippen molar-refractivity contribution in [1.82, 2.24) is 0 Å². The lowest BCUT2D eigenvalue weighted by molar-refractivity contribution is -0.130. The molecule has 2 fully saturated rings. The van der Waals surface area contributed by atoms with E-state index in [0.29, 0.717) is 11.3 Å². The van der Waals surface area contributed by atoms with Gasteiger partial charge >= 0.3 is 0 Å². The second kappa shape index (κ2) is 5.11. The van der Waals surface area contributed by atoms with Crippen molar-refractivity contribution in [1.29, 1.82) is 0 Å². The molecule has 0 heterocycles. The summed E-state index contributed by atoms with van der Waals surface area (Å²) in [5.41, 5.74) is 5.01. The standard InChI is InChI=1S/C20H30O/c1-14(2)15-6-8-17-16(12-15)7-9-18-19(3,13-21)10-5-11-20(17,18)4/h12-13,17-18H,5-11H2,1-4H3/t17-,18?,19-,20+/m0/s1. The summed E-state index contributed by atoms with van der Waals surface area (Å²) in [7, 11) is 0. The zero-order valence-corrected chi connectivity index (χ0v) is 14.2. The van der Waals surface area contributed by atoms with E-state index >= 15 is 0 Å². The lowest BCUT2D eigenvalue weighted by Gasteiger charge is -2.58. The maximum atomic E-state index is 11.8. The summed E-state index contributed by atoms with van der Waals surface area (Å²) in [6, 6.07) is 0. The molecule has 0 aromatic rings. The van der Waals surface area contributed by atoms with E-state index in [1.165, 1.54) is 50.4 Å². The first-order chi connectivity index (χ1) is 9.90. The number of hydrogen-bond acceptors (Lipinski definition) is 1. The third-order valence-corrected chi connectivity index (χ3v) is 6.96. The van der Waals surface area contributed by atoms with Gasteiger partial charge in [-0.1, -0.05) is 37.5 Å². The van der Waals surface area contributed by atoms with Crippen LogP contribution in [-0.2, 0) is 4.79 Å². The van der Waals surface area contributed by atoms with Gasteiger partial charge in [0.05, 0.1) is 0 Å². The Morgan fingerprint density at radius 2 is 1.95 bits per heavy atom. The van der Waals surface area contributed by atoms with Crippen LogP contribution in [0.1, 0.15) is 72.6 Å². The molecule has 1 heteroatoms. The van der Waals surface area contributed by atoms with Crippen LogP contribution in [0.15, 0.2) is 22.8 Å². The number of fused-ring (bicyclic) bond motifs is 3. The van der Waals surface area contributed by atoms with Crippen LogP contribution in [-0.4, -0.2) is 6.29 Å². The van der Waals surface area contributed by atoms with Crippen molar-refractivity contribution in [2.24, 2.45) is 22.7 Å². The van der Waals surface area contributed by atoms with Gasteiger partial charge in [-0.15, -0.1) is 0 Å². The van der Waals surface area contributed by atoms with Crippen molar-refractivity contribution in [3.8, 4) is 0 Å². The molecule has 4 atom stereocenters. The van der Waals surface area contributed by atoms with Crippen LogP contribution in [0.4, 0.5) is 0 Å². The van der Waals surface area contributed by atoms with E-state index in [4.69, 9.17) is 0 Å².